The topological polar surface area (TPSA) is 72.5 Å². The van der Waals surface area contributed by atoms with Crippen LogP contribution in [-0.4, -0.2) is 31.3 Å². The average molecular weight is 237 g/mol. The van der Waals surface area contributed by atoms with Gasteiger partial charge in [0.15, 0.2) is 0 Å². The van der Waals surface area contributed by atoms with Crippen LogP contribution in [0.3, 0.4) is 0 Å². The van der Waals surface area contributed by atoms with Gasteiger partial charge in [0.25, 0.3) is 0 Å². The standard InChI is InChI=1S/C13H19NO3/c1-17-12(16)13(10-14,8-5-9-15)11-6-3-2-4-7-11/h2-4,6-7,15H,5,8-10,14H2,1H3. The number of ether oxygens (including phenoxy) is 1. The summed E-state index contributed by atoms with van der Waals surface area (Å²) in [4.78, 5) is 12.0. The number of esters is 1. The van der Waals surface area contributed by atoms with Gasteiger partial charge < -0.3 is 15.6 Å². The van der Waals surface area contributed by atoms with Crippen LogP contribution in [0, 0.1) is 0 Å². The summed E-state index contributed by atoms with van der Waals surface area (Å²) in [7, 11) is 1.36. The average Bonchev–Trinajstić information content (AvgIpc) is 2.41. The number of carbonyl (C=O) groups is 1. The normalized spacial score (nSPS) is 14.1. The Balaban J connectivity index is 3.11. The Morgan fingerprint density at radius 3 is 2.53 bits per heavy atom. The van der Waals surface area contributed by atoms with Gasteiger partial charge in [0.2, 0.25) is 0 Å². The van der Waals surface area contributed by atoms with Gasteiger partial charge in [0.1, 0.15) is 5.41 Å². The first-order valence-corrected chi connectivity index (χ1v) is 5.66. The lowest BCUT2D eigenvalue weighted by atomic mass is 9.76. The van der Waals surface area contributed by atoms with Crippen molar-refractivity contribution in [3.63, 3.8) is 0 Å². The number of aliphatic hydroxyl groups is 1. The molecule has 0 heterocycles. The van der Waals surface area contributed by atoms with E-state index in [1.54, 1.807) is 0 Å². The molecule has 17 heavy (non-hydrogen) atoms. The van der Waals surface area contributed by atoms with Crippen molar-refractivity contribution in [3.05, 3.63) is 35.9 Å². The Hall–Kier alpha value is -1.39. The van der Waals surface area contributed by atoms with Crippen molar-refractivity contribution in [2.75, 3.05) is 20.3 Å². The quantitative estimate of drug-likeness (QED) is 0.719. The molecule has 1 rings (SSSR count). The molecule has 0 spiro atoms. The maximum atomic E-state index is 12.0. The zero-order valence-corrected chi connectivity index (χ0v) is 10.1. The van der Waals surface area contributed by atoms with Crippen molar-refractivity contribution >= 4 is 5.97 Å². The highest BCUT2D eigenvalue weighted by molar-refractivity contribution is 5.83. The van der Waals surface area contributed by atoms with E-state index in [9.17, 15) is 4.79 Å². The van der Waals surface area contributed by atoms with Crippen LogP contribution < -0.4 is 5.73 Å². The lowest BCUT2D eigenvalue weighted by Gasteiger charge is -2.30. The maximum Gasteiger partial charge on any atom is 0.317 e. The van der Waals surface area contributed by atoms with E-state index >= 15 is 0 Å². The van der Waals surface area contributed by atoms with Gasteiger partial charge in [-0.15, -0.1) is 0 Å². The second-order valence-electron chi connectivity index (χ2n) is 3.97. The van der Waals surface area contributed by atoms with Crippen LogP contribution >= 0.6 is 0 Å². The summed E-state index contributed by atoms with van der Waals surface area (Å²) in [6.07, 6.45) is 0.998. The lowest BCUT2D eigenvalue weighted by Crippen LogP contribution is -2.44. The second kappa shape index (κ2) is 6.37. The van der Waals surface area contributed by atoms with Crippen LogP contribution in [0.1, 0.15) is 18.4 Å². The van der Waals surface area contributed by atoms with Crippen LogP contribution in [0.5, 0.6) is 0 Å². The fraction of sp³-hybridized carbons (Fsp3) is 0.462. The van der Waals surface area contributed by atoms with Crippen LogP contribution in [-0.2, 0) is 14.9 Å². The van der Waals surface area contributed by atoms with E-state index in [1.165, 1.54) is 7.11 Å². The molecule has 4 nitrogen and oxygen atoms in total. The van der Waals surface area contributed by atoms with Crippen molar-refractivity contribution in [1.82, 2.24) is 0 Å². The highest BCUT2D eigenvalue weighted by atomic mass is 16.5. The Kier molecular flexibility index (Phi) is 5.12. The molecule has 0 saturated heterocycles. The third-order valence-corrected chi connectivity index (χ3v) is 3.01. The smallest absolute Gasteiger partial charge is 0.317 e. The van der Waals surface area contributed by atoms with E-state index in [1.807, 2.05) is 30.3 Å². The van der Waals surface area contributed by atoms with Gasteiger partial charge in [-0.25, -0.2) is 0 Å². The number of aliphatic hydroxyl groups excluding tert-OH is 1. The molecule has 0 radical (unpaired) electrons. The van der Waals surface area contributed by atoms with E-state index in [4.69, 9.17) is 15.6 Å². The van der Waals surface area contributed by atoms with Crippen LogP contribution in [0.2, 0.25) is 0 Å². The molecule has 0 fully saturated rings. The van der Waals surface area contributed by atoms with E-state index in [0.29, 0.717) is 12.8 Å². The Morgan fingerprint density at radius 2 is 2.06 bits per heavy atom. The van der Waals surface area contributed by atoms with Gasteiger partial charge in [0, 0.05) is 13.2 Å². The third-order valence-electron chi connectivity index (χ3n) is 3.01. The zero-order chi connectivity index (χ0) is 12.7. The summed E-state index contributed by atoms with van der Waals surface area (Å²) in [6.45, 7) is 0.204. The molecule has 4 heteroatoms. The summed E-state index contributed by atoms with van der Waals surface area (Å²) < 4.78 is 4.86. The lowest BCUT2D eigenvalue weighted by molar-refractivity contribution is -0.147. The first-order chi connectivity index (χ1) is 8.21. The molecule has 94 valence electrons. The van der Waals surface area contributed by atoms with Crippen molar-refractivity contribution < 1.29 is 14.6 Å². The van der Waals surface area contributed by atoms with Gasteiger partial charge >= 0.3 is 5.97 Å². The SMILES string of the molecule is COC(=O)C(CN)(CCCO)c1ccccc1. The van der Waals surface area contributed by atoms with Gasteiger partial charge in [-0.3, -0.25) is 4.79 Å². The van der Waals surface area contributed by atoms with Crippen molar-refractivity contribution in [2.24, 2.45) is 5.73 Å². The predicted octanol–water partition coefficient (Wildman–Crippen LogP) is 0.829. The van der Waals surface area contributed by atoms with Crippen LogP contribution in [0.25, 0.3) is 0 Å². The van der Waals surface area contributed by atoms with Gasteiger partial charge in [-0.2, -0.15) is 0 Å². The first kappa shape index (κ1) is 13.7. The first-order valence-electron chi connectivity index (χ1n) is 5.66. The van der Waals surface area contributed by atoms with Gasteiger partial charge in [0.05, 0.1) is 7.11 Å². The Morgan fingerprint density at radius 1 is 1.41 bits per heavy atom. The largest absolute Gasteiger partial charge is 0.468 e. The van der Waals surface area contributed by atoms with E-state index < -0.39 is 5.41 Å². The minimum absolute atomic E-state index is 0.0333. The minimum Gasteiger partial charge on any atom is -0.468 e. The van der Waals surface area contributed by atoms with Crippen molar-refractivity contribution in [3.8, 4) is 0 Å². The van der Waals surface area contributed by atoms with Gasteiger partial charge in [-0.1, -0.05) is 30.3 Å². The third kappa shape index (κ3) is 2.84. The molecule has 0 amide bonds. The fourth-order valence-corrected chi connectivity index (χ4v) is 2.00. The molecule has 1 aromatic carbocycles. The highest BCUT2D eigenvalue weighted by Gasteiger charge is 2.39. The summed E-state index contributed by atoms with van der Waals surface area (Å²) in [5.41, 5.74) is 5.76. The molecule has 0 aliphatic heterocycles. The summed E-state index contributed by atoms with van der Waals surface area (Å²) in [6, 6.07) is 9.33. The number of hydrogen-bond acceptors (Lipinski definition) is 4. The van der Waals surface area contributed by atoms with Gasteiger partial charge in [-0.05, 0) is 18.4 Å². The molecule has 1 atom stereocenters. The van der Waals surface area contributed by atoms with E-state index in [-0.39, 0.29) is 19.1 Å². The maximum absolute atomic E-state index is 12.0. The minimum atomic E-state index is -0.848. The number of carbonyl (C=O) groups excluding carboxylic acids is 1. The van der Waals surface area contributed by atoms with Crippen molar-refractivity contribution in [1.29, 1.82) is 0 Å². The zero-order valence-electron chi connectivity index (χ0n) is 10.1. The second-order valence-corrected chi connectivity index (χ2v) is 3.97. The van der Waals surface area contributed by atoms with Crippen LogP contribution in [0.4, 0.5) is 0 Å². The number of nitrogens with two attached hydrogens (primary N) is 1. The molecule has 0 saturated carbocycles. The molecular weight excluding hydrogens is 218 g/mol. The molecular formula is C13H19NO3. The molecule has 0 bridgehead atoms. The molecule has 3 N–H and O–H groups in total. The Labute approximate surface area is 101 Å². The number of hydrogen-bond donors (Lipinski definition) is 2. The number of benzene rings is 1. The predicted molar refractivity (Wildman–Crippen MR) is 65.5 cm³/mol. The Bertz CT molecular complexity index is 353. The molecule has 0 aliphatic rings. The van der Waals surface area contributed by atoms with Crippen molar-refractivity contribution in [2.45, 2.75) is 18.3 Å². The summed E-state index contributed by atoms with van der Waals surface area (Å²) in [5.74, 6) is -0.348. The van der Waals surface area contributed by atoms with Crippen LogP contribution in [0.15, 0.2) is 30.3 Å². The molecule has 1 unspecified atom stereocenters. The molecule has 1 aromatic rings. The summed E-state index contributed by atoms with van der Waals surface area (Å²) >= 11 is 0. The number of methoxy groups -OCH3 is 1. The molecule has 0 aliphatic carbocycles. The van der Waals surface area contributed by atoms with E-state index in [2.05, 4.69) is 0 Å². The summed E-state index contributed by atoms with van der Waals surface area (Å²) in [5, 5.41) is 8.93. The monoisotopic (exact) mass is 237 g/mol. The number of rotatable bonds is 6. The molecule has 0 aromatic heterocycles. The van der Waals surface area contributed by atoms with E-state index in [0.717, 1.165) is 5.56 Å². The highest BCUT2D eigenvalue weighted by Crippen LogP contribution is 2.29. The fourth-order valence-electron chi connectivity index (χ4n) is 2.00.